The summed E-state index contributed by atoms with van der Waals surface area (Å²) in [5, 5.41) is 0. The first-order chi connectivity index (χ1) is 9.47. The fraction of sp³-hybridized carbons (Fsp3) is 0.143. The SMILES string of the molecule is CS(=O)(=O)c1ccc(CNNc2ccccc2)cc1Br. The van der Waals surface area contributed by atoms with Crippen LogP contribution in [-0.4, -0.2) is 14.7 Å². The van der Waals surface area contributed by atoms with Gasteiger partial charge in [0.2, 0.25) is 0 Å². The second-order valence-electron chi connectivity index (χ2n) is 4.38. The van der Waals surface area contributed by atoms with Gasteiger partial charge in [-0.05, 0) is 45.8 Å². The Morgan fingerprint density at radius 3 is 2.40 bits per heavy atom. The number of para-hydroxylation sites is 1. The summed E-state index contributed by atoms with van der Waals surface area (Å²) >= 11 is 3.29. The number of anilines is 1. The molecular weight excluding hydrogens is 340 g/mol. The van der Waals surface area contributed by atoms with Crippen LogP contribution >= 0.6 is 15.9 Å². The Labute approximate surface area is 127 Å². The summed E-state index contributed by atoms with van der Waals surface area (Å²) in [6.45, 7) is 0.581. The molecule has 0 bridgehead atoms. The molecular formula is C14H15BrN2O2S. The Morgan fingerprint density at radius 1 is 1.10 bits per heavy atom. The van der Waals surface area contributed by atoms with Crippen LogP contribution in [0.2, 0.25) is 0 Å². The molecule has 106 valence electrons. The van der Waals surface area contributed by atoms with Crippen LogP contribution in [0.1, 0.15) is 5.56 Å². The number of nitrogens with one attached hydrogen (secondary N) is 2. The number of benzene rings is 2. The molecule has 4 nitrogen and oxygen atoms in total. The van der Waals surface area contributed by atoms with Gasteiger partial charge in [0, 0.05) is 23.0 Å². The lowest BCUT2D eigenvalue weighted by Crippen LogP contribution is -2.20. The third-order valence-corrected chi connectivity index (χ3v) is 4.77. The van der Waals surface area contributed by atoms with Gasteiger partial charge in [0.05, 0.1) is 4.90 Å². The second-order valence-corrected chi connectivity index (χ2v) is 7.22. The van der Waals surface area contributed by atoms with Gasteiger partial charge in [0.15, 0.2) is 9.84 Å². The van der Waals surface area contributed by atoms with Crippen LogP contribution in [0.4, 0.5) is 5.69 Å². The predicted octanol–water partition coefficient (Wildman–Crippen LogP) is 2.97. The molecule has 0 unspecified atom stereocenters. The summed E-state index contributed by atoms with van der Waals surface area (Å²) in [5.41, 5.74) is 8.11. The van der Waals surface area contributed by atoms with Gasteiger partial charge in [-0.1, -0.05) is 24.3 Å². The molecule has 0 saturated carbocycles. The molecule has 20 heavy (non-hydrogen) atoms. The smallest absolute Gasteiger partial charge is 0.176 e. The minimum absolute atomic E-state index is 0.303. The molecule has 2 aromatic rings. The van der Waals surface area contributed by atoms with E-state index in [9.17, 15) is 8.42 Å². The number of hydrogen-bond donors (Lipinski definition) is 2. The molecule has 0 saturated heterocycles. The first-order valence-electron chi connectivity index (χ1n) is 5.99. The minimum Gasteiger partial charge on any atom is -0.321 e. The van der Waals surface area contributed by atoms with Crippen molar-refractivity contribution in [1.82, 2.24) is 5.43 Å². The van der Waals surface area contributed by atoms with E-state index in [1.165, 1.54) is 6.26 Å². The zero-order valence-electron chi connectivity index (χ0n) is 10.9. The molecule has 2 N–H and O–H groups in total. The van der Waals surface area contributed by atoms with Crippen LogP contribution in [-0.2, 0) is 16.4 Å². The van der Waals surface area contributed by atoms with Crippen molar-refractivity contribution in [2.45, 2.75) is 11.4 Å². The standard InChI is InChI=1S/C14H15BrN2O2S/c1-20(18,19)14-8-7-11(9-13(14)15)10-16-17-12-5-3-2-4-6-12/h2-9,16-17H,10H2,1H3. The van der Waals surface area contributed by atoms with E-state index in [0.717, 1.165) is 11.3 Å². The van der Waals surface area contributed by atoms with Gasteiger partial charge in [-0.25, -0.2) is 13.8 Å². The van der Waals surface area contributed by atoms with Crippen molar-refractivity contribution >= 4 is 31.5 Å². The Morgan fingerprint density at radius 2 is 1.80 bits per heavy atom. The minimum atomic E-state index is -3.20. The molecule has 2 rings (SSSR count). The lowest BCUT2D eigenvalue weighted by atomic mass is 10.2. The van der Waals surface area contributed by atoms with Gasteiger partial charge in [0.1, 0.15) is 0 Å². The molecule has 0 aliphatic carbocycles. The number of hydrazine groups is 1. The molecule has 0 spiro atoms. The maximum absolute atomic E-state index is 11.5. The summed E-state index contributed by atoms with van der Waals surface area (Å²) in [4.78, 5) is 0.303. The average molecular weight is 355 g/mol. The highest BCUT2D eigenvalue weighted by Gasteiger charge is 2.11. The van der Waals surface area contributed by atoms with E-state index in [1.54, 1.807) is 18.2 Å². The lowest BCUT2D eigenvalue weighted by molar-refractivity contribution is 0.601. The van der Waals surface area contributed by atoms with Crippen molar-refractivity contribution in [2.24, 2.45) is 0 Å². The maximum atomic E-state index is 11.5. The zero-order valence-corrected chi connectivity index (χ0v) is 13.3. The summed E-state index contributed by atoms with van der Waals surface area (Å²) in [6.07, 6.45) is 1.20. The largest absolute Gasteiger partial charge is 0.321 e. The Kier molecular flexibility index (Phi) is 4.80. The van der Waals surface area contributed by atoms with Crippen LogP contribution in [0.25, 0.3) is 0 Å². The van der Waals surface area contributed by atoms with Crippen molar-refractivity contribution in [1.29, 1.82) is 0 Å². The summed E-state index contributed by atoms with van der Waals surface area (Å²) in [5.74, 6) is 0. The highest BCUT2D eigenvalue weighted by atomic mass is 79.9. The Bertz CT molecular complexity index is 688. The fourth-order valence-electron chi connectivity index (χ4n) is 1.72. The van der Waals surface area contributed by atoms with E-state index in [4.69, 9.17) is 0 Å². The van der Waals surface area contributed by atoms with E-state index in [0.29, 0.717) is 15.9 Å². The van der Waals surface area contributed by atoms with Crippen LogP contribution in [0, 0.1) is 0 Å². The van der Waals surface area contributed by atoms with Gasteiger partial charge < -0.3 is 5.43 Å². The first kappa shape index (κ1) is 15.0. The van der Waals surface area contributed by atoms with Crippen molar-refractivity contribution in [3.05, 3.63) is 58.6 Å². The van der Waals surface area contributed by atoms with E-state index in [1.807, 2.05) is 30.3 Å². The highest BCUT2D eigenvalue weighted by Crippen LogP contribution is 2.23. The summed E-state index contributed by atoms with van der Waals surface area (Å²) in [6, 6.07) is 15.0. The quantitative estimate of drug-likeness (QED) is 0.810. The Hall–Kier alpha value is -1.37. The van der Waals surface area contributed by atoms with Gasteiger partial charge >= 0.3 is 0 Å². The average Bonchev–Trinajstić information content (AvgIpc) is 2.38. The summed E-state index contributed by atoms with van der Waals surface area (Å²) in [7, 11) is -3.20. The number of rotatable bonds is 5. The van der Waals surface area contributed by atoms with Crippen molar-refractivity contribution in [3.63, 3.8) is 0 Å². The van der Waals surface area contributed by atoms with Crippen molar-refractivity contribution in [3.8, 4) is 0 Å². The van der Waals surface area contributed by atoms with Crippen LogP contribution < -0.4 is 10.9 Å². The topological polar surface area (TPSA) is 58.2 Å². The van der Waals surface area contributed by atoms with Crippen molar-refractivity contribution in [2.75, 3.05) is 11.7 Å². The molecule has 0 fully saturated rings. The third kappa shape index (κ3) is 4.06. The summed E-state index contributed by atoms with van der Waals surface area (Å²) < 4.78 is 23.6. The zero-order chi connectivity index (χ0) is 14.6. The van der Waals surface area contributed by atoms with E-state index in [2.05, 4.69) is 26.8 Å². The molecule has 0 aromatic heterocycles. The van der Waals surface area contributed by atoms with Gasteiger partial charge in [-0.3, -0.25) is 0 Å². The molecule has 2 aromatic carbocycles. The lowest BCUT2D eigenvalue weighted by Gasteiger charge is -2.09. The van der Waals surface area contributed by atoms with E-state index < -0.39 is 9.84 Å². The van der Waals surface area contributed by atoms with E-state index in [-0.39, 0.29) is 0 Å². The van der Waals surface area contributed by atoms with Gasteiger partial charge in [0.25, 0.3) is 0 Å². The number of sulfone groups is 1. The number of hydrogen-bond acceptors (Lipinski definition) is 4. The maximum Gasteiger partial charge on any atom is 0.176 e. The third-order valence-electron chi connectivity index (χ3n) is 2.69. The molecule has 0 amide bonds. The van der Waals surface area contributed by atoms with E-state index >= 15 is 0 Å². The first-order valence-corrected chi connectivity index (χ1v) is 8.67. The molecule has 0 heterocycles. The Balaban J connectivity index is 1.99. The molecule has 0 aliphatic rings. The molecule has 0 atom stereocenters. The van der Waals surface area contributed by atoms with Crippen LogP contribution in [0.15, 0.2) is 57.9 Å². The highest BCUT2D eigenvalue weighted by molar-refractivity contribution is 9.10. The molecule has 6 heteroatoms. The van der Waals surface area contributed by atoms with Crippen LogP contribution in [0.3, 0.4) is 0 Å². The van der Waals surface area contributed by atoms with Crippen LogP contribution in [0.5, 0.6) is 0 Å². The fourth-order valence-corrected chi connectivity index (χ4v) is 3.76. The normalized spacial score (nSPS) is 11.3. The monoisotopic (exact) mass is 354 g/mol. The molecule has 0 aliphatic heterocycles. The second kappa shape index (κ2) is 6.39. The predicted molar refractivity (Wildman–Crippen MR) is 84.2 cm³/mol. The van der Waals surface area contributed by atoms with Crippen molar-refractivity contribution < 1.29 is 8.42 Å². The molecule has 0 radical (unpaired) electrons. The number of halogens is 1. The van der Waals surface area contributed by atoms with Gasteiger partial charge in [-0.2, -0.15) is 0 Å². The van der Waals surface area contributed by atoms with Gasteiger partial charge in [-0.15, -0.1) is 0 Å².